The summed E-state index contributed by atoms with van der Waals surface area (Å²) in [4.78, 5) is 0. The van der Waals surface area contributed by atoms with Crippen LogP contribution in [0.2, 0.25) is 0 Å². The van der Waals surface area contributed by atoms with E-state index in [9.17, 15) is 8.42 Å². The molecule has 0 spiro atoms. The second kappa shape index (κ2) is 5.99. The number of methoxy groups -OCH3 is 1. The van der Waals surface area contributed by atoms with Crippen molar-refractivity contribution in [1.82, 2.24) is 4.31 Å². The van der Waals surface area contributed by atoms with Crippen LogP contribution in [0.5, 0.6) is 5.75 Å². The van der Waals surface area contributed by atoms with Crippen LogP contribution in [0, 0.1) is 0 Å². The summed E-state index contributed by atoms with van der Waals surface area (Å²) < 4.78 is 39.5. The van der Waals surface area contributed by atoms with Crippen LogP contribution in [0.15, 0.2) is 24.3 Å². The number of hydrogen-bond donors (Lipinski definition) is 1. The molecule has 0 saturated carbocycles. The summed E-state index contributed by atoms with van der Waals surface area (Å²) in [5, 5.41) is 0. The summed E-state index contributed by atoms with van der Waals surface area (Å²) in [6.45, 7) is 4.41. The second-order valence-electron chi connectivity index (χ2n) is 4.88. The molecule has 0 amide bonds. The quantitative estimate of drug-likeness (QED) is 0.914. The molecular formula is C13H20N2O4S. The molecule has 0 bridgehead atoms. The molecule has 1 aromatic carbocycles. The largest absolute Gasteiger partial charge is 0.495 e. The van der Waals surface area contributed by atoms with E-state index < -0.39 is 10.2 Å². The molecule has 6 nitrogen and oxygen atoms in total. The lowest BCUT2D eigenvalue weighted by Gasteiger charge is -2.34. The number of ether oxygens (including phenoxy) is 2. The Morgan fingerprint density at radius 3 is 2.45 bits per heavy atom. The van der Waals surface area contributed by atoms with E-state index in [2.05, 4.69) is 4.72 Å². The third kappa shape index (κ3) is 3.41. The van der Waals surface area contributed by atoms with Crippen LogP contribution in [0.1, 0.15) is 13.8 Å². The first kappa shape index (κ1) is 15.1. The summed E-state index contributed by atoms with van der Waals surface area (Å²) in [7, 11) is -2.11. The summed E-state index contributed by atoms with van der Waals surface area (Å²) in [6, 6.07) is 6.92. The summed E-state index contributed by atoms with van der Waals surface area (Å²) in [5.41, 5.74) is 0.432. The lowest BCUT2D eigenvalue weighted by Crippen LogP contribution is -2.49. The highest BCUT2D eigenvalue weighted by Gasteiger charge is 2.31. The van der Waals surface area contributed by atoms with Crippen molar-refractivity contribution in [2.75, 3.05) is 24.9 Å². The number of hydrogen-bond acceptors (Lipinski definition) is 4. The van der Waals surface area contributed by atoms with Crippen molar-refractivity contribution in [3.63, 3.8) is 0 Å². The van der Waals surface area contributed by atoms with Crippen molar-refractivity contribution in [1.29, 1.82) is 0 Å². The first-order valence-corrected chi connectivity index (χ1v) is 7.92. The average Bonchev–Trinajstić information content (AvgIpc) is 2.38. The van der Waals surface area contributed by atoms with Gasteiger partial charge in [0.25, 0.3) is 0 Å². The first-order valence-electron chi connectivity index (χ1n) is 6.48. The molecule has 1 heterocycles. The Balaban J connectivity index is 2.18. The van der Waals surface area contributed by atoms with E-state index in [0.29, 0.717) is 24.5 Å². The van der Waals surface area contributed by atoms with Crippen LogP contribution in [-0.2, 0) is 14.9 Å². The van der Waals surface area contributed by atoms with E-state index in [1.54, 1.807) is 24.3 Å². The number of nitrogens with one attached hydrogen (secondary N) is 1. The number of anilines is 1. The van der Waals surface area contributed by atoms with Gasteiger partial charge in [0.2, 0.25) is 0 Å². The van der Waals surface area contributed by atoms with Crippen molar-refractivity contribution in [2.45, 2.75) is 26.1 Å². The summed E-state index contributed by atoms with van der Waals surface area (Å²) in [6.07, 6.45) is -0.235. The van der Waals surface area contributed by atoms with Gasteiger partial charge in [-0.15, -0.1) is 0 Å². The number of morpholine rings is 1. The van der Waals surface area contributed by atoms with E-state index in [1.807, 2.05) is 13.8 Å². The predicted octanol–water partition coefficient (Wildman–Crippen LogP) is 1.46. The van der Waals surface area contributed by atoms with Gasteiger partial charge in [0.1, 0.15) is 5.75 Å². The maximum atomic E-state index is 12.4. The fourth-order valence-corrected chi connectivity index (χ4v) is 3.65. The fourth-order valence-electron chi connectivity index (χ4n) is 2.26. The van der Waals surface area contributed by atoms with Crippen LogP contribution in [0.4, 0.5) is 5.69 Å². The molecule has 112 valence electrons. The average molecular weight is 300 g/mol. The lowest BCUT2D eigenvalue weighted by molar-refractivity contribution is -0.0439. The summed E-state index contributed by atoms with van der Waals surface area (Å²) in [5.74, 6) is 0.491. The minimum atomic E-state index is -3.61. The topological polar surface area (TPSA) is 67.9 Å². The highest BCUT2D eigenvalue weighted by Crippen LogP contribution is 2.25. The van der Waals surface area contributed by atoms with E-state index in [1.165, 1.54) is 11.4 Å². The van der Waals surface area contributed by atoms with Gasteiger partial charge in [-0.2, -0.15) is 12.7 Å². The van der Waals surface area contributed by atoms with Gasteiger partial charge in [-0.1, -0.05) is 12.1 Å². The molecule has 0 aliphatic carbocycles. The van der Waals surface area contributed by atoms with E-state index in [0.717, 1.165) is 0 Å². The normalized spacial score (nSPS) is 24.4. The molecule has 0 radical (unpaired) electrons. The Morgan fingerprint density at radius 1 is 1.25 bits per heavy atom. The van der Waals surface area contributed by atoms with Gasteiger partial charge in [-0.3, -0.25) is 4.72 Å². The molecule has 0 unspecified atom stereocenters. The Kier molecular flexibility index (Phi) is 4.52. The van der Waals surface area contributed by atoms with Gasteiger partial charge in [0.15, 0.2) is 0 Å². The minimum absolute atomic E-state index is 0.118. The van der Waals surface area contributed by atoms with Crippen LogP contribution < -0.4 is 9.46 Å². The zero-order valence-corrected chi connectivity index (χ0v) is 12.7. The van der Waals surface area contributed by atoms with Gasteiger partial charge in [-0.25, -0.2) is 0 Å². The van der Waals surface area contributed by atoms with Crippen LogP contribution in [0.3, 0.4) is 0 Å². The van der Waals surface area contributed by atoms with Crippen molar-refractivity contribution >= 4 is 15.9 Å². The molecule has 1 aliphatic rings. The Labute approximate surface area is 119 Å². The number of benzene rings is 1. The predicted molar refractivity (Wildman–Crippen MR) is 77.1 cm³/mol. The fraction of sp³-hybridized carbons (Fsp3) is 0.538. The smallest absolute Gasteiger partial charge is 0.301 e. The monoisotopic (exact) mass is 300 g/mol. The SMILES string of the molecule is COc1ccccc1NS(=O)(=O)N1C[C@@H](C)O[C@H](C)C1. The minimum Gasteiger partial charge on any atom is -0.495 e. The molecule has 2 atom stereocenters. The zero-order valence-electron chi connectivity index (χ0n) is 11.9. The maximum absolute atomic E-state index is 12.4. The third-order valence-corrected chi connectivity index (χ3v) is 4.53. The van der Waals surface area contributed by atoms with Gasteiger partial charge in [0.05, 0.1) is 25.0 Å². The Bertz CT molecular complexity index is 551. The highest BCUT2D eigenvalue weighted by atomic mass is 32.2. The van der Waals surface area contributed by atoms with Crippen LogP contribution >= 0.6 is 0 Å². The van der Waals surface area contributed by atoms with Crippen molar-refractivity contribution in [2.24, 2.45) is 0 Å². The van der Waals surface area contributed by atoms with Crippen LogP contribution in [0.25, 0.3) is 0 Å². The molecule has 2 rings (SSSR count). The number of nitrogens with zero attached hydrogens (tertiary/aromatic N) is 1. The van der Waals surface area contributed by atoms with Crippen LogP contribution in [-0.4, -0.2) is 45.1 Å². The number of rotatable bonds is 4. The van der Waals surface area contributed by atoms with Gasteiger partial charge < -0.3 is 9.47 Å². The molecule has 1 N–H and O–H groups in total. The van der Waals surface area contributed by atoms with E-state index in [4.69, 9.17) is 9.47 Å². The molecule has 1 aliphatic heterocycles. The number of para-hydroxylation sites is 2. The molecular weight excluding hydrogens is 280 g/mol. The molecule has 1 saturated heterocycles. The van der Waals surface area contributed by atoms with Crippen molar-refractivity contribution in [3.8, 4) is 5.75 Å². The Morgan fingerprint density at radius 2 is 1.85 bits per heavy atom. The van der Waals surface area contributed by atoms with Crippen molar-refractivity contribution < 1.29 is 17.9 Å². The molecule has 7 heteroatoms. The zero-order chi connectivity index (χ0) is 14.8. The van der Waals surface area contributed by atoms with Crippen molar-refractivity contribution in [3.05, 3.63) is 24.3 Å². The highest BCUT2D eigenvalue weighted by molar-refractivity contribution is 7.90. The van der Waals surface area contributed by atoms with Gasteiger partial charge >= 0.3 is 10.2 Å². The van der Waals surface area contributed by atoms with E-state index >= 15 is 0 Å². The van der Waals surface area contributed by atoms with Gasteiger partial charge in [0, 0.05) is 13.1 Å². The maximum Gasteiger partial charge on any atom is 0.301 e. The molecule has 1 fully saturated rings. The molecule has 1 aromatic rings. The summed E-state index contributed by atoms with van der Waals surface area (Å²) >= 11 is 0. The molecule has 0 aromatic heterocycles. The van der Waals surface area contributed by atoms with E-state index in [-0.39, 0.29) is 12.2 Å². The second-order valence-corrected chi connectivity index (χ2v) is 6.55. The molecule has 20 heavy (non-hydrogen) atoms. The third-order valence-electron chi connectivity index (χ3n) is 3.07. The lowest BCUT2D eigenvalue weighted by atomic mass is 10.3. The standard InChI is InChI=1S/C13H20N2O4S/c1-10-8-15(9-11(2)19-10)20(16,17)14-12-6-4-5-7-13(12)18-3/h4-7,10-11,14H,8-9H2,1-3H3/t10-,11-/m1/s1. The Hall–Kier alpha value is -1.31. The first-order chi connectivity index (χ1) is 9.42. The van der Waals surface area contributed by atoms with Gasteiger partial charge in [-0.05, 0) is 26.0 Å².